The van der Waals surface area contributed by atoms with Gasteiger partial charge in [-0.05, 0) is 12.8 Å². The van der Waals surface area contributed by atoms with E-state index in [2.05, 4.69) is 5.32 Å². The van der Waals surface area contributed by atoms with Gasteiger partial charge in [-0.2, -0.15) is 0 Å². The molecule has 74 valence electrons. The third-order valence-corrected chi connectivity index (χ3v) is 2.64. The number of hydrogen-bond donors (Lipinski definition) is 1. The van der Waals surface area contributed by atoms with E-state index in [-0.39, 0.29) is 11.9 Å². The molecule has 1 amide bonds. The molecule has 2 heterocycles. The highest BCUT2D eigenvalue weighted by Crippen LogP contribution is 2.09. The SMILES string of the molecule is O=C(C1COCCN1)N1CCCC1. The lowest BCUT2D eigenvalue weighted by Gasteiger charge is -2.27. The van der Waals surface area contributed by atoms with E-state index in [9.17, 15) is 4.79 Å². The van der Waals surface area contributed by atoms with Crippen LogP contribution in [0.15, 0.2) is 0 Å². The van der Waals surface area contributed by atoms with E-state index in [1.54, 1.807) is 0 Å². The maximum absolute atomic E-state index is 11.8. The minimum absolute atomic E-state index is 0.0909. The van der Waals surface area contributed by atoms with Gasteiger partial charge in [0.25, 0.3) is 0 Å². The maximum atomic E-state index is 11.8. The molecule has 2 saturated heterocycles. The van der Waals surface area contributed by atoms with E-state index >= 15 is 0 Å². The van der Waals surface area contributed by atoms with Crippen LogP contribution in [-0.2, 0) is 9.53 Å². The molecule has 4 nitrogen and oxygen atoms in total. The number of likely N-dealkylation sites (tertiary alicyclic amines) is 1. The van der Waals surface area contributed by atoms with Crippen molar-refractivity contribution in [2.24, 2.45) is 0 Å². The average Bonchev–Trinajstić information content (AvgIpc) is 2.71. The number of nitrogens with zero attached hydrogens (tertiary/aromatic N) is 1. The summed E-state index contributed by atoms with van der Waals surface area (Å²) in [6.45, 7) is 3.91. The van der Waals surface area contributed by atoms with Gasteiger partial charge < -0.3 is 15.0 Å². The summed E-state index contributed by atoms with van der Waals surface area (Å²) in [5.74, 6) is 0.220. The van der Waals surface area contributed by atoms with Crippen LogP contribution >= 0.6 is 0 Å². The van der Waals surface area contributed by atoms with Crippen molar-refractivity contribution in [2.75, 3.05) is 32.8 Å². The van der Waals surface area contributed by atoms with Crippen molar-refractivity contribution in [1.29, 1.82) is 0 Å². The zero-order chi connectivity index (χ0) is 9.10. The lowest BCUT2D eigenvalue weighted by molar-refractivity contribution is -0.135. The Morgan fingerprint density at radius 3 is 2.77 bits per heavy atom. The fraction of sp³-hybridized carbons (Fsp3) is 0.889. The van der Waals surface area contributed by atoms with Crippen molar-refractivity contribution in [2.45, 2.75) is 18.9 Å². The van der Waals surface area contributed by atoms with Gasteiger partial charge in [0.1, 0.15) is 6.04 Å². The molecule has 0 bridgehead atoms. The highest BCUT2D eigenvalue weighted by Gasteiger charge is 2.27. The third-order valence-electron chi connectivity index (χ3n) is 2.64. The number of hydrogen-bond acceptors (Lipinski definition) is 3. The Kier molecular flexibility index (Phi) is 2.80. The third kappa shape index (κ3) is 2.00. The van der Waals surface area contributed by atoms with Gasteiger partial charge in [-0.15, -0.1) is 0 Å². The Morgan fingerprint density at radius 1 is 1.38 bits per heavy atom. The summed E-state index contributed by atoms with van der Waals surface area (Å²) in [6.07, 6.45) is 2.30. The van der Waals surface area contributed by atoms with Crippen LogP contribution in [0.25, 0.3) is 0 Å². The van der Waals surface area contributed by atoms with Crippen LogP contribution in [0.1, 0.15) is 12.8 Å². The van der Waals surface area contributed by atoms with Gasteiger partial charge in [0, 0.05) is 19.6 Å². The molecular weight excluding hydrogens is 168 g/mol. The summed E-state index contributed by atoms with van der Waals surface area (Å²) in [6, 6.07) is -0.0909. The van der Waals surface area contributed by atoms with Gasteiger partial charge in [-0.25, -0.2) is 0 Å². The number of carbonyl (C=O) groups excluding carboxylic acids is 1. The summed E-state index contributed by atoms with van der Waals surface area (Å²) >= 11 is 0. The van der Waals surface area contributed by atoms with E-state index in [1.165, 1.54) is 0 Å². The molecule has 1 N–H and O–H groups in total. The Bertz CT molecular complexity index is 184. The lowest BCUT2D eigenvalue weighted by atomic mass is 10.2. The van der Waals surface area contributed by atoms with Crippen LogP contribution in [0.3, 0.4) is 0 Å². The van der Waals surface area contributed by atoms with Crippen molar-refractivity contribution in [3.8, 4) is 0 Å². The fourth-order valence-corrected chi connectivity index (χ4v) is 1.88. The molecule has 1 atom stereocenters. The first-order valence-corrected chi connectivity index (χ1v) is 4.98. The molecular formula is C9H16N2O2. The molecule has 0 aromatic carbocycles. The molecule has 2 fully saturated rings. The van der Waals surface area contributed by atoms with E-state index in [0.717, 1.165) is 39.1 Å². The predicted octanol–water partition coefficient (Wildman–Crippen LogP) is -0.403. The molecule has 0 radical (unpaired) electrons. The van der Waals surface area contributed by atoms with Gasteiger partial charge in [-0.3, -0.25) is 4.79 Å². The van der Waals surface area contributed by atoms with E-state index in [4.69, 9.17) is 4.74 Å². The van der Waals surface area contributed by atoms with Crippen LogP contribution in [0.4, 0.5) is 0 Å². The molecule has 2 aliphatic heterocycles. The van der Waals surface area contributed by atoms with Crippen LogP contribution in [0.2, 0.25) is 0 Å². The average molecular weight is 184 g/mol. The van der Waals surface area contributed by atoms with Crippen LogP contribution < -0.4 is 5.32 Å². The Morgan fingerprint density at radius 2 is 2.15 bits per heavy atom. The van der Waals surface area contributed by atoms with Gasteiger partial charge >= 0.3 is 0 Å². The Hall–Kier alpha value is -0.610. The minimum atomic E-state index is -0.0909. The quantitative estimate of drug-likeness (QED) is 0.603. The summed E-state index contributed by atoms with van der Waals surface area (Å²) in [7, 11) is 0. The summed E-state index contributed by atoms with van der Waals surface area (Å²) in [4.78, 5) is 13.7. The lowest BCUT2D eigenvalue weighted by Crippen LogP contribution is -2.51. The highest BCUT2D eigenvalue weighted by atomic mass is 16.5. The van der Waals surface area contributed by atoms with Gasteiger partial charge in [-0.1, -0.05) is 0 Å². The monoisotopic (exact) mass is 184 g/mol. The van der Waals surface area contributed by atoms with E-state index in [1.807, 2.05) is 4.90 Å². The smallest absolute Gasteiger partial charge is 0.242 e. The van der Waals surface area contributed by atoms with Crippen molar-refractivity contribution in [1.82, 2.24) is 10.2 Å². The summed E-state index contributed by atoms with van der Waals surface area (Å²) < 4.78 is 5.25. The molecule has 0 aromatic heterocycles. The van der Waals surface area contributed by atoms with Crippen molar-refractivity contribution in [3.63, 3.8) is 0 Å². The first-order chi connectivity index (χ1) is 6.38. The second kappa shape index (κ2) is 4.07. The Labute approximate surface area is 78.2 Å². The normalized spacial score (nSPS) is 29.2. The molecule has 0 aromatic rings. The largest absolute Gasteiger partial charge is 0.378 e. The number of carbonyl (C=O) groups is 1. The summed E-state index contributed by atoms with van der Waals surface area (Å²) in [5, 5.41) is 3.18. The van der Waals surface area contributed by atoms with Crippen LogP contribution in [-0.4, -0.2) is 49.7 Å². The molecule has 0 spiro atoms. The second-order valence-corrected chi connectivity index (χ2v) is 3.61. The number of ether oxygens (including phenoxy) is 1. The molecule has 4 heteroatoms. The van der Waals surface area contributed by atoms with Crippen molar-refractivity contribution in [3.05, 3.63) is 0 Å². The molecule has 0 saturated carbocycles. The van der Waals surface area contributed by atoms with Crippen molar-refractivity contribution < 1.29 is 9.53 Å². The van der Waals surface area contributed by atoms with Gasteiger partial charge in [0.2, 0.25) is 5.91 Å². The number of nitrogens with one attached hydrogen (secondary N) is 1. The first kappa shape index (κ1) is 8.97. The Balaban J connectivity index is 1.87. The topological polar surface area (TPSA) is 41.6 Å². The zero-order valence-electron chi connectivity index (χ0n) is 7.79. The fourth-order valence-electron chi connectivity index (χ4n) is 1.88. The highest BCUT2D eigenvalue weighted by molar-refractivity contribution is 5.82. The summed E-state index contributed by atoms with van der Waals surface area (Å²) in [5.41, 5.74) is 0. The standard InChI is InChI=1S/C9H16N2O2/c12-9(11-4-1-2-5-11)8-7-13-6-3-10-8/h8,10H,1-7H2. The molecule has 2 rings (SSSR count). The van der Waals surface area contributed by atoms with E-state index < -0.39 is 0 Å². The molecule has 0 aliphatic carbocycles. The van der Waals surface area contributed by atoms with E-state index in [0.29, 0.717) is 6.61 Å². The molecule has 1 unspecified atom stereocenters. The van der Waals surface area contributed by atoms with Crippen LogP contribution in [0.5, 0.6) is 0 Å². The molecule has 13 heavy (non-hydrogen) atoms. The zero-order valence-corrected chi connectivity index (χ0v) is 7.79. The predicted molar refractivity (Wildman–Crippen MR) is 48.4 cm³/mol. The molecule has 2 aliphatic rings. The minimum Gasteiger partial charge on any atom is -0.378 e. The number of rotatable bonds is 1. The van der Waals surface area contributed by atoms with Gasteiger partial charge in [0.15, 0.2) is 0 Å². The number of morpholine rings is 1. The van der Waals surface area contributed by atoms with Crippen molar-refractivity contribution >= 4 is 5.91 Å². The first-order valence-electron chi connectivity index (χ1n) is 4.98. The van der Waals surface area contributed by atoms with Gasteiger partial charge in [0.05, 0.1) is 13.2 Å². The second-order valence-electron chi connectivity index (χ2n) is 3.61. The maximum Gasteiger partial charge on any atom is 0.242 e. The van der Waals surface area contributed by atoms with Crippen LogP contribution in [0, 0.1) is 0 Å². The number of amides is 1.